The lowest BCUT2D eigenvalue weighted by Gasteiger charge is -2.43. The summed E-state index contributed by atoms with van der Waals surface area (Å²) in [6.45, 7) is 9.43. The Labute approximate surface area is 341 Å². The Kier molecular flexibility index (Phi) is 10.3. The van der Waals surface area contributed by atoms with E-state index in [4.69, 9.17) is 4.98 Å². The SMILES string of the molecule is CC(=O)c1c(C)c2cnc(Nc3ccc(N4CCN(C5CCN(Cc6ccc7c(c6)C(=O)N(C6CCC(=O)NC6=O)C7=O)CC5)CC4)cn3)nc2n(C2CCCC2)c1=O. The number of aromatic nitrogens is 4. The molecule has 9 rings (SSSR count). The number of benzene rings is 1. The minimum absolute atomic E-state index is 0.00585. The third-order valence-corrected chi connectivity index (χ3v) is 12.9. The van der Waals surface area contributed by atoms with Gasteiger partial charge in [-0.1, -0.05) is 18.9 Å². The van der Waals surface area contributed by atoms with Gasteiger partial charge in [0.2, 0.25) is 17.8 Å². The van der Waals surface area contributed by atoms with E-state index in [1.165, 1.54) is 6.92 Å². The lowest BCUT2D eigenvalue weighted by atomic mass is 10.0. The van der Waals surface area contributed by atoms with E-state index in [0.29, 0.717) is 52.1 Å². The Bertz CT molecular complexity index is 2430. The zero-order valence-corrected chi connectivity index (χ0v) is 33.4. The average molecular weight is 801 g/mol. The average Bonchev–Trinajstić information content (AvgIpc) is 3.84. The van der Waals surface area contributed by atoms with E-state index >= 15 is 0 Å². The van der Waals surface area contributed by atoms with Crippen molar-refractivity contribution in [2.24, 2.45) is 0 Å². The summed E-state index contributed by atoms with van der Waals surface area (Å²) in [7, 11) is 0. The zero-order chi connectivity index (χ0) is 40.9. The first-order chi connectivity index (χ1) is 28.5. The van der Waals surface area contributed by atoms with Crippen molar-refractivity contribution >= 4 is 57.9 Å². The molecule has 1 atom stereocenters. The van der Waals surface area contributed by atoms with Crippen LogP contribution >= 0.6 is 0 Å². The Balaban J connectivity index is 0.776. The molecule has 1 saturated carbocycles. The van der Waals surface area contributed by atoms with E-state index in [0.717, 1.165) is 93.9 Å². The number of hydrogen-bond donors (Lipinski definition) is 2. The van der Waals surface area contributed by atoms with Crippen LogP contribution in [0, 0.1) is 6.92 Å². The van der Waals surface area contributed by atoms with E-state index in [2.05, 4.69) is 41.4 Å². The number of carbonyl (C=O) groups is 5. The topological polar surface area (TPSA) is 183 Å². The summed E-state index contributed by atoms with van der Waals surface area (Å²) >= 11 is 0. The zero-order valence-electron chi connectivity index (χ0n) is 33.4. The van der Waals surface area contributed by atoms with Crippen LogP contribution in [-0.2, 0) is 16.1 Å². The minimum atomic E-state index is -0.970. The van der Waals surface area contributed by atoms with Gasteiger partial charge in [-0.2, -0.15) is 4.98 Å². The first-order valence-corrected chi connectivity index (χ1v) is 20.8. The summed E-state index contributed by atoms with van der Waals surface area (Å²) in [6, 6.07) is 8.86. The summed E-state index contributed by atoms with van der Waals surface area (Å²) < 4.78 is 1.71. The molecular formula is C43H48N10O6. The molecule has 0 radical (unpaired) electrons. The fourth-order valence-corrected chi connectivity index (χ4v) is 9.73. The van der Waals surface area contributed by atoms with E-state index in [1.807, 2.05) is 18.3 Å². The van der Waals surface area contributed by atoms with Crippen LogP contribution < -0.4 is 21.1 Å². The maximum Gasteiger partial charge on any atom is 0.263 e. The van der Waals surface area contributed by atoms with Gasteiger partial charge in [0.05, 0.1) is 28.6 Å². The first kappa shape index (κ1) is 38.6. The van der Waals surface area contributed by atoms with Gasteiger partial charge in [0.1, 0.15) is 17.5 Å². The molecule has 4 amide bonds. The van der Waals surface area contributed by atoms with Crippen LogP contribution in [0.15, 0.2) is 47.5 Å². The number of fused-ring (bicyclic) bond motifs is 2. The van der Waals surface area contributed by atoms with Crippen molar-refractivity contribution in [1.29, 1.82) is 0 Å². The molecule has 0 spiro atoms. The predicted molar refractivity (Wildman–Crippen MR) is 219 cm³/mol. The largest absolute Gasteiger partial charge is 0.368 e. The van der Waals surface area contributed by atoms with Gasteiger partial charge in [-0.3, -0.25) is 53.4 Å². The molecule has 59 heavy (non-hydrogen) atoms. The summed E-state index contributed by atoms with van der Waals surface area (Å²) in [5, 5.41) is 6.17. The van der Waals surface area contributed by atoms with Crippen molar-refractivity contribution in [1.82, 2.24) is 39.5 Å². The number of likely N-dealkylation sites (tertiary alicyclic amines) is 1. The number of amides is 4. The highest BCUT2D eigenvalue weighted by atomic mass is 16.2. The van der Waals surface area contributed by atoms with Gasteiger partial charge in [-0.15, -0.1) is 0 Å². The van der Waals surface area contributed by atoms with Crippen LogP contribution in [0.3, 0.4) is 0 Å². The number of anilines is 3. The van der Waals surface area contributed by atoms with Crippen LogP contribution in [0.4, 0.5) is 17.5 Å². The minimum Gasteiger partial charge on any atom is -0.368 e. The van der Waals surface area contributed by atoms with Crippen LogP contribution in [0.5, 0.6) is 0 Å². The second-order valence-electron chi connectivity index (χ2n) is 16.5. The maximum absolute atomic E-state index is 13.6. The number of nitrogens with zero attached hydrogens (tertiary/aromatic N) is 8. The van der Waals surface area contributed by atoms with Crippen molar-refractivity contribution in [2.45, 2.75) is 89.9 Å². The smallest absolute Gasteiger partial charge is 0.263 e. The number of pyridine rings is 2. The van der Waals surface area contributed by atoms with Gasteiger partial charge in [-0.25, -0.2) is 9.97 Å². The lowest BCUT2D eigenvalue weighted by Crippen LogP contribution is -2.54. The molecule has 0 bridgehead atoms. The Morgan fingerprint density at radius 2 is 1.58 bits per heavy atom. The monoisotopic (exact) mass is 800 g/mol. The summed E-state index contributed by atoms with van der Waals surface area (Å²) in [5.74, 6) is -1.27. The van der Waals surface area contributed by atoms with Crippen molar-refractivity contribution in [3.8, 4) is 0 Å². The third kappa shape index (κ3) is 7.28. The standard InChI is InChI=1S/C43H48N10O6/c1-25-33-23-45-43(48-38(33)52(29-5-3-4-6-29)42(59)37(25)26(2)54)46-35-11-8-30(22-44-35)51-19-17-50(18-20-51)28-13-15-49(16-14-28)24-27-7-9-31-32(21-27)41(58)53(40(31)57)34-10-12-36(55)47-39(34)56/h7-9,11,21-23,28-29,34H,3-6,10,12-20,24H2,1-2H3,(H,47,55,56)(H,44,45,46,48). The Hall–Kier alpha value is -5.87. The molecule has 3 aromatic heterocycles. The Morgan fingerprint density at radius 1 is 0.831 bits per heavy atom. The van der Waals surface area contributed by atoms with Crippen molar-refractivity contribution < 1.29 is 24.0 Å². The normalized spacial score (nSPS) is 21.1. The molecule has 1 aliphatic carbocycles. The van der Waals surface area contributed by atoms with E-state index < -0.39 is 29.7 Å². The summed E-state index contributed by atoms with van der Waals surface area (Å²) in [6.07, 6.45) is 9.70. The highest BCUT2D eigenvalue weighted by Gasteiger charge is 2.44. The number of rotatable bonds is 9. The number of ketones is 1. The summed E-state index contributed by atoms with van der Waals surface area (Å²) in [4.78, 5) is 98.9. The molecule has 16 heteroatoms. The second-order valence-corrected chi connectivity index (χ2v) is 16.5. The molecule has 4 aliphatic heterocycles. The van der Waals surface area contributed by atoms with Crippen LogP contribution in [-0.4, -0.2) is 115 Å². The maximum atomic E-state index is 13.6. The van der Waals surface area contributed by atoms with Crippen LogP contribution in [0.25, 0.3) is 11.0 Å². The fourth-order valence-electron chi connectivity index (χ4n) is 9.73. The van der Waals surface area contributed by atoms with Gasteiger partial charge < -0.3 is 10.2 Å². The van der Waals surface area contributed by atoms with Crippen molar-refractivity contribution in [3.63, 3.8) is 0 Å². The number of Topliss-reactive ketones (excluding diaryl/α,β-unsaturated/α-hetero) is 1. The quantitative estimate of drug-likeness (QED) is 0.185. The van der Waals surface area contributed by atoms with E-state index in [1.54, 1.807) is 29.8 Å². The van der Waals surface area contributed by atoms with Gasteiger partial charge in [0.15, 0.2) is 5.78 Å². The molecular weight excluding hydrogens is 753 g/mol. The predicted octanol–water partition coefficient (Wildman–Crippen LogP) is 3.74. The van der Waals surface area contributed by atoms with Gasteiger partial charge in [-0.05, 0) is 94.4 Å². The van der Waals surface area contributed by atoms with E-state index in [9.17, 15) is 28.8 Å². The highest BCUT2D eigenvalue weighted by molar-refractivity contribution is 6.23. The number of imide groups is 2. The van der Waals surface area contributed by atoms with Gasteiger partial charge in [0, 0.05) is 62.8 Å². The molecule has 16 nitrogen and oxygen atoms in total. The van der Waals surface area contributed by atoms with Crippen molar-refractivity contribution in [3.05, 3.63) is 80.9 Å². The molecule has 306 valence electrons. The van der Waals surface area contributed by atoms with Crippen LogP contribution in [0.1, 0.15) is 107 Å². The first-order valence-electron chi connectivity index (χ1n) is 20.8. The van der Waals surface area contributed by atoms with Crippen LogP contribution in [0.2, 0.25) is 0 Å². The molecule has 4 fully saturated rings. The highest BCUT2D eigenvalue weighted by Crippen LogP contribution is 2.33. The number of aryl methyl sites for hydroxylation is 1. The van der Waals surface area contributed by atoms with Crippen molar-refractivity contribution in [2.75, 3.05) is 49.5 Å². The van der Waals surface area contributed by atoms with Gasteiger partial charge in [0.25, 0.3) is 17.4 Å². The molecule has 4 aromatic rings. The molecule has 1 unspecified atom stereocenters. The molecule has 2 N–H and O–H groups in total. The molecule has 5 aliphatic rings. The lowest BCUT2D eigenvalue weighted by molar-refractivity contribution is -0.136. The number of hydrogen-bond acceptors (Lipinski definition) is 13. The molecule has 7 heterocycles. The second kappa shape index (κ2) is 15.7. The third-order valence-electron chi connectivity index (χ3n) is 12.9. The fraction of sp³-hybridized carbons (Fsp3) is 0.465. The summed E-state index contributed by atoms with van der Waals surface area (Å²) in [5.41, 5.74) is 3.70. The molecule has 1 aromatic carbocycles. The van der Waals surface area contributed by atoms with E-state index in [-0.39, 0.29) is 35.8 Å². The number of carbonyl (C=O) groups excluding carboxylic acids is 5. The number of piperazine rings is 1. The van der Waals surface area contributed by atoms with Gasteiger partial charge >= 0.3 is 0 Å². The number of piperidine rings is 2. The number of nitrogens with one attached hydrogen (secondary N) is 2. The molecule has 3 saturated heterocycles. The Morgan fingerprint density at radius 3 is 2.27 bits per heavy atom.